The first-order valence-electron chi connectivity index (χ1n) is 36.8. The maximum Gasteiger partial charge on any atom is 0.542 e. The van der Waals surface area contributed by atoms with Crippen molar-refractivity contribution in [3.05, 3.63) is 301 Å². The van der Waals surface area contributed by atoms with E-state index in [-0.39, 0.29) is 125 Å². The van der Waals surface area contributed by atoms with Crippen molar-refractivity contribution in [1.29, 1.82) is 10.5 Å². The number of hydrogen-bond donors (Lipinski definition) is 1. The highest BCUT2D eigenvalue weighted by molar-refractivity contribution is 7.11. The number of para-hydroxylation sites is 1. The minimum Gasteiger partial charge on any atom is -0.494 e. The molecule has 0 unspecified atom stereocenters. The quantitative estimate of drug-likeness (QED) is 0.00834. The lowest BCUT2D eigenvalue weighted by atomic mass is 10.0. The smallest absolute Gasteiger partial charge is 0.494 e. The van der Waals surface area contributed by atoms with E-state index in [1.54, 1.807) is 194 Å². The predicted octanol–water partition coefficient (Wildman–Crippen LogP) is 13.1. The lowest BCUT2D eigenvalue weighted by Crippen LogP contribution is -2.75. The summed E-state index contributed by atoms with van der Waals surface area (Å²) in [6.07, 6.45) is 2.51. The molecule has 0 aliphatic carbocycles. The molecule has 2 heterocycles. The first kappa shape index (κ1) is 83.7. The summed E-state index contributed by atoms with van der Waals surface area (Å²) in [4.78, 5) is 105. The van der Waals surface area contributed by atoms with Gasteiger partial charge in [-0.1, -0.05) is 169 Å². The number of fused-ring (bicyclic) bond motifs is 1. The summed E-state index contributed by atoms with van der Waals surface area (Å²) in [5, 5.41) is 30.5. The summed E-state index contributed by atoms with van der Waals surface area (Å²) in [6, 6.07) is 58.0. The second kappa shape index (κ2) is 36.6. The zero-order valence-corrected chi connectivity index (χ0v) is 67.4. The summed E-state index contributed by atoms with van der Waals surface area (Å²) < 4.78 is 46.0. The van der Waals surface area contributed by atoms with Crippen LogP contribution in [0.3, 0.4) is 0 Å². The summed E-state index contributed by atoms with van der Waals surface area (Å²) in [5.41, 5.74) is 0.865. The van der Waals surface area contributed by atoms with E-state index in [1.165, 1.54) is 41.5 Å². The minimum absolute atomic E-state index is 0.0382. The Kier molecular flexibility index (Phi) is 26.4. The Morgan fingerprint density at radius 3 is 1.04 bits per heavy atom. The van der Waals surface area contributed by atoms with Gasteiger partial charge in [0.25, 0.3) is 16.5 Å². The molecule has 0 fully saturated rings. The van der Waals surface area contributed by atoms with Crippen molar-refractivity contribution >= 4 is 117 Å². The fourth-order valence-electron chi connectivity index (χ4n) is 13.2. The van der Waals surface area contributed by atoms with E-state index >= 15 is 0 Å². The van der Waals surface area contributed by atoms with Crippen LogP contribution in [0.1, 0.15) is 87.5 Å². The van der Waals surface area contributed by atoms with Crippen molar-refractivity contribution in [2.75, 3.05) is 11.9 Å². The van der Waals surface area contributed by atoms with Gasteiger partial charge in [0.1, 0.15) is 70.9 Å². The van der Waals surface area contributed by atoms with E-state index in [2.05, 4.69) is 66.6 Å². The highest BCUT2D eigenvalue weighted by atomic mass is 28.3. The van der Waals surface area contributed by atoms with Gasteiger partial charge in [0, 0.05) is 61.8 Å². The molecule has 0 radical (unpaired) electrons. The second-order valence-electron chi connectivity index (χ2n) is 27.5. The van der Waals surface area contributed by atoms with Gasteiger partial charge in [-0.15, -0.1) is 0 Å². The van der Waals surface area contributed by atoms with Crippen molar-refractivity contribution in [3.63, 3.8) is 0 Å². The van der Waals surface area contributed by atoms with Crippen molar-refractivity contribution in [1.82, 2.24) is 8.47 Å². The molecule has 116 heavy (non-hydrogen) atoms. The number of esters is 6. The van der Waals surface area contributed by atoms with E-state index in [0.717, 1.165) is 6.42 Å². The summed E-state index contributed by atoms with van der Waals surface area (Å²) in [5.74, 6) is -4.73. The van der Waals surface area contributed by atoms with Crippen LogP contribution in [0, 0.1) is 35.8 Å². The molecule has 10 aromatic rings. The van der Waals surface area contributed by atoms with Gasteiger partial charge in [-0.05, 0) is 176 Å². The number of benzene rings is 8. The van der Waals surface area contributed by atoms with Crippen LogP contribution in [0.15, 0.2) is 267 Å². The van der Waals surface area contributed by atoms with Crippen LogP contribution in [0.4, 0.5) is 5.69 Å². The molecule has 10 rings (SSSR count). The number of amides is 1. The molecule has 23 heteroatoms. The lowest BCUT2D eigenvalue weighted by Gasteiger charge is -2.38. The molecule has 580 valence electrons. The molecule has 0 aliphatic rings. The highest BCUT2D eigenvalue weighted by Crippen LogP contribution is 2.42. The van der Waals surface area contributed by atoms with Gasteiger partial charge < -0.3 is 46.9 Å². The van der Waals surface area contributed by atoms with E-state index in [4.69, 9.17) is 33.2 Å². The molecule has 2 aromatic heterocycles. The van der Waals surface area contributed by atoms with Crippen LogP contribution in [-0.4, -0.2) is 73.3 Å². The third kappa shape index (κ3) is 17.3. The van der Waals surface area contributed by atoms with Gasteiger partial charge in [0.15, 0.2) is 5.57 Å². The molecule has 0 saturated heterocycles. The number of aromatic nitrogens is 2. The fourth-order valence-corrected chi connectivity index (χ4v) is 22.9. The molecule has 0 bridgehead atoms. The number of nitrogens with zero attached hydrogens (tertiary/aromatic N) is 6. The Balaban J connectivity index is 1.65. The van der Waals surface area contributed by atoms with Gasteiger partial charge in [-0.25, -0.2) is 28.8 Å². The predicted molar refractivity (Wildman–Crippen MR) is 451 cm³/mol. The maximum atomic E-state index is 14.9. The molecular formula is C93H81N7O14Si2. The molecule has 1 amide bonds. The molecule has 0 spiro atoms. The number of carbonyl (C=O) groups is 7. The largest absolute Gasteiger partial charge is 0.542 e. The van der Waals surface area contributed by atoms with Crippen molar-refractivity contribution in [3.8, 4) is 74.9 Å². The first-order valence-corrected chi connectivity index (χ1v) is 40.7. The van der Waals surface area contributed by atoms with Gasteiger partial charge >= 0.3 is 41.6 Å². The first-order chi connectivity index (χ1) is 55.6. The average Bonchev–Trinajstić information content (AvgIpc) is 1.49. The van der Waals surface area contributed by atoms with Crippen LogP contribution >= 0.6 is 0 Å². The number of unbranched alkanes of at least 4 members (excludes halogenated alkanes) is 2. The monoisotopic (exact) mass is 1580 g/mol. The van der Waals surface area contributed by atoms with Gasteiger partial charge in [0.05, 0.1) is 29.0 Å². The average molecular weight is 1580 g/mol. The van der Waals surface area contributed by atoms with Gasteiger partial charge in [0.2, 0.25) is 5.91 Å². The number of hydrogen-bond acceptors (Lipinski definition) is 16. The summed E-state index contributed by atoms with van der Waals surface area (Å²) >= 11 is 0. The molecular weight excluding hydrogens is 1500 g/mol. The topological polar surface area (TPSA) is 262 Å². The standard InChI is InChI=1S/C93H81N7O14Si2/c1-17-19-28-80(101)98-79-27-22-21-26-78(79)85-81-82(86(87(96-15)97-16)100(85)116(75-47-35-68(36-48-75)112-91(105)60(9)10,76-49-37-69(38-50-76)113-92(106)61(11)12)77-51-39-70(40-52-77)114-93(107)62(13)14)83(63-24-23-25-71(54-63)108-53-20-18-2)99(84(81)64(55-94)56-95)115(72-41-29-65(30-42-72)109-88(102)57(3)4,73-43-31-66(32-44-73)110-89(103)58(5)6)74-45-33-67(34-46-74)111-90(104)59(7)8/h21-27,29-52,54H,3,5,7,9,11,13,17-20,28,53H2,1-2,4,6,8,10,12,14H3,(H,98,101). The van der Waals surface area contributed by atoms with Crippen molar-refractivity contribution in [2.45, 2.75) is 87.5 Å². The van der Waals surface area contributed by atoms with Crippen LogP contribution in [0.2, 0.25) is 0 Å². The van der Waals surface area contributed by atoms with E-state index < -0.39 is 69.6 Å². The molecule has 1 N–H and O–H groups in total. The Labute approximate surface area is 674 Å². The molecule has 0 aliphatic heterocycles. The maximum absolute atomic E-state index is 14.9. The van der Waals surface area contributed by atoms with E-state index in [1.807, 2.05) is 22.3 Å². The molecule has 0 saturated carbocycles. The second-order valence-corrected chi connectivity index (χ2v) is 34.7. The van der Waals surface area contributed by atoms with Crippen molar-refractivity contribution < 1.29 is 66.7 Å². The number of nitrogens with one attached hydrogen (secondary N) is 1. The zero-order valence-electron chi connectivity index (χ0n) is 65.4. The van der Waals surface area contributed by atoms with Crippen LogP contribution < -0.4 is 80.3 Å². The Morgan fingerprint density at radius 1 is 0.414 bits per heavy atom. The normalized spacial score (nSPS) is 10.9. The van der Waals surface area contributed by atoms with Crippen LogP contribution in [-0.2, 0) is 33.6 Å². The van der Waals surface area contributed by atoms with E-state index in [0.29, 0.717) is 61.7 Å². The lowest BCUT2D eigenvalue weighted by molar-refractivity contribution is -0.130. The molecule has 21 nitrogen and oxygen atoms in total. The van der Waals surface area contributed by atoms with Crippen LogP contribution in [0.25, 0.3) is 54.4 Å². The Morgan fingerprint density at radius 2 is 0.733 bits per heavy atom. The van der Waals surface area contributed by atoms with Gasteiger partial charge in [-0.3, -0.25) is 4.79 Å². The third-order valence-electron chi connectivity index (χ3n) is 18.7. The summed E-state index contributed by atoms with van der Waals surface area (Å²) in [6.45, 7) is 55.3. The third-order valence-corrected chi connectivity index (χ3v) is 28.0. The molecule has 8 aromatic carbocycles. The van der Waals surface area contributed by atoms with Crippen LogP contribution in [0.5, 0.6) is 40.2 Å². The SMILES string of the molecule is [C-]#[N+]C([N+]#[C-])=c1c2c(-c3cccc(OCCCC)c3)n([Si](c3ccc(OC(=O)C(=C)C)cc3)(c3ccc(OC(=O)C(=C)C)cc3)c3ccc(OC(=O)C(=C)C)cc3)c(=C(C#N)C#N)c2c(-c2ccccc2NC(=O)CCCC)n1[Si](c1ccc(OC(=O)C(=C)C)cc1)(c1ccc(OC(=O)C(=C)C)cc1)c1ccc(OC(=O)C(=C)C)cc1. The Bertz CT molecular complexity index is 5590. The van der Waals surface area contributed by atoms with Gasteiger partial charge in [-0.2, -0.15) is 20.2 Å². The highest BCUT2D eigenvalue weighted by Gasteiger charge is 2.51. The fraction of sp³-hybridized carbons (Fsp3) is 0.151. The number of ether oxygens (including phenoxy) is 7. The summed E-state index contributed by atoms with van der Waals surface area (Å²) in [7, 11) is -9.85. The minimum atomic E-state index is -4.94. The number of anilines is 1. The number of nitriles is 2. The van der Waals surface area contributed by atoms with Crippen molar-refractivity contribution in [2.24, 2.45) is 0 Å². The number of carbonyl (C=O) groups excluding carboxylic acids is 7. The Hall–Kier alpha value is -14.8. The number of rotatable bonds is 30. The van der Waals surface area contributed by atoms with E-state index in [9.17, 15) is 57.2 Å². The molecule has 0 atom stereocenters. The zero-order chi connectivity index (χ0) is 83.9.